The van der Waals surface area contributed by atoms with Crippen molar-refractivity contribution >= 4 is 10.9 Å². The summed E-state index contributed by atoms with van der Waals surface area (Å²) < 4.78 is 10.8. The molecule has 0 N–H and O–H groups in total. The molecule has 0 bridgehead atoms. The van der Waals surface area contributed by atoms with Crippen molar-refractivity contribution in [3.63, 3.8) is 0 Å². The Morgan fingerprint density at radius 3 is 2.67 bits per heavy atom. The van der Waals surface area contributed by atoms with Gasteiger partial charge in [0.25, 0.3) is 0 Å². The predicted octanol–water partition coefficient (Wildman–Crippen LogP) is 3.99. The van der Waals surface area contributed by atoms with Gasteiger partial charge < -0.3 is 9.47 Å². The highest BCUT2D eigenvalue weighted by molar-refractivity contribution is 5.80. The second-order valence-electron chi connectivity index (χ2n) is 6.73. The molecule has 0 saturated carbocycles. The number of hydrogen-bond donors (Lipinski definition) is 0. The van der Waals surface area contributed by atoms with Crippen LogP contribution in [-0.2, 0) is 17.8 Å². The SMILES string of the molecule is COCCCN(Cc1ccccn1)Cc1cc2ccc(C)cc2nc1OC. The molecule has 0 fully saturated rings. The predicted molar refractivity (Wildman–Crippen MR) is 108 cm³/mol. The Morgan fingerprint density at radius 1 is 1.04 bits per heavy atom. The monoisotopic (exact) mass is 365 g/mol. The van der Waals surface area contributed by atoms with Crippen molar-refractivity contribution in [2.45, 2.75) is 26.4 Å². The molecule has 0 spiro atoms. The molecule has 27 heavy (non-hydrogen) atoms. The third-order valence-electron chi connectivity index (χ3n) is 4.53. The summed E-state index contributed by atoms with van der Waals surface area (Å²) in [7, 11) is 3.42. The molecule has 142 valence electrons. The van der Waals surface area contributed by atoms with Gasteiger partial charge in [-0.05, 0) is 43.2 Å². The van der Waals surface area contributed by atoms with Gasteiger partial charge >= 0.3 is 0 Å². The fourth-order valence-electron chi connectivity index (χ4n) is 3.20. The second-order valence-corrected chi connectivity index (χ2v) is 6.73. The minimum atomic E-state index is 0.686. The van der Waals surface area contributed by atoms with Crippen molar-refractivity contribution in [1.29, 1.82) is 0 Å². The number of aromatic nitrogens is 2. The van der Waals surface area contributed by atoms with E-state index in [1.807, 2.05) is 18.3 Å². The minimum absolute atomic E-state index is 0.686. The Hall–Kier alpha value is -2.50. The van der Waals surface area contributed by atoms with Crippen LogP contribution >= 0.6 is 0 Å². The summed E-state index contributed by atoms with van der Waals surface area (Å²) in [6.07, 6.45) is 2.80. The van der Waals surface area contributed by atoms with E-state index in [4.69, 9.17) is 14.5 Å². The summed E-state index contributed by atoms with van der Waals surface area (Å²) in [6.45, 7) is 5.26. The average Bonchev–Trinajstić information content (AvgIpc) is 2.68. The third-order valence-corrected chi connectivity index (χ3v) is 4.53. The lowest BCUT2D eigenvalue weighted by Gasteiger charge is -2.23. The summed E-state index contributed by atoms with van der Waals surface area (Å²) in [5.74, 6) is 0.686. The van der Waals surface area contributed by atoms with Crippen molar-refractivity contribution in [3.8, 4) is 5.88 Å². The molecule has 0 saturated heterocycles. The lowest BCUT2D eigenvalue weighted by molar-refractivity contribution is 0.165. The van der Waals surface area contributed by atoms with Gasteiger partial charge in [-0.3, -0.25) is 9.88 Å². The molecule has 0 aliphatic heterocycles. The van der Waals surface area contributed by atoms with E-state index >= 15 is 0 Å². The number of methoxy groups -OCH3 is 2. The molecule has 0 radical (unpaired) electrons. The molecule has 2 aromatic heterocycles. The van der Waals surface area contributed by atoms with Crippen LogP contribution < -0.4 is 4.74 Å². The van der Waals surface area contributed by atoms with Crippen LogP contribution in [0.5, 0.6) is 5.88 Å². The van der Waals surface area contributed by atoms with E-state index in [0.717, 1.165) is 54.8 Å². The Balaban J connectivity index is 1.85. The summed E-state index contributed by atoms with van der Waals surface area (Å²) in [4.78, 5) is 11.6. The van der Waals surface area contributed by atoms with E-state index in [9.17, 15) is 0 Å². The van der Waals surface area contributed by atoms with E-state index in [2.05, 4.69) is 47.1 Å². The molecule has 0 unspecified atom stereocenters. The van der Waals surface area contributed by atoms with Crippen LogP contribution in [0, 0.1) is 6.92 Å². The van der Waals surface area contributed by atoms with Gasteiger partial charge in [-0.15, -0.1) is 0 Å². The molecular formula is C22H27N3O2. The first-order chi connectivity index (χ1) is 13.2. The van der Waals surface area contributed by atoms with Crippen LogP contribution in [0.25, 0.3) is 10.9 Å². The number of nitrogens with zero attached hydrogens (tertiary/aromatic N) is 3. The van der Waals surface area contributed by atoms with E-state index < -0.39 is 0 Å². The third kappa shape index (κ3) is 5.25. The van der Waals surface area contributed by atoms with Gasteiger partial charge in [0.05, 0.1) is 18.3 Å². The van der Waals surface area contributed by atoms with Gasteiger partial charge in [-0.25, -0.2) is 4.98 Å². The quantitative estimate of drug-likeness (QED) is 0.537. The fourth-order valence-corrected chi connectivity index (χ4v) is 3.20. The number of hydrogen-bond acceptors (Lipinski definition) is 5. The molecule has 5 nitrogen and oxygen atoms in total. The van der Waals surface area contributed by atoms with Crippen LogP contribution in [-0.4, -0.2) is 42.2 Å². The largest absolute Gasteiger partial charge is 0.481 e. The molecule has 3 aromatic rings. The highest BCUT2D eigenvalue weighted by atomic mass is 16.5. The summed E-state index contributed by atoms with van der Waals surface area (Å²) >= 11 is 0. The molecule has 0 aliphatic rings. The van der Waals surface area contributed by atoms with Crippen LogP contribution in [0.15, 0.2) is 48.7 Å². The zero-order valence-electron chi connectivity index (χ0n) is 16.3. The van der Waals surface area contributed by atoms with Crippen LogP contribution in [0.3, 0.4) is 0 Å². The van der Waals surface area contributed by atoms with Crippen molar-refractivity contribution in [2.75, 3.05) is 27.4 Å². The number of ether oxygens (including phenoxy) is 2. The molecule has 0 atom stereocenters. The summed E-state index contributed by atoms with van der Waals surface area (Å²) in [5.41, 5.74) is 4.30. The number of aryl methyl sites for hydroxylation is 1. The van der Waals surface area contributed by atoms with Crippen LogP contribution in [0.2, 0.25) is 0 Å². The first-order valence-corrected chi connectivity index (χ1v) is 9.25. The fraction of sp³-hybridized carbons (Fsp3) is 0.364. The van der Waals surface area contributed by atoms with Gasteiger partial charge in [0.2, 0.25) is 5.88 Å². The van der Waals surface area contributed by atoms with Gasteiger partial charge in [0.15, 0.2) is 0 Å². The maximum absolute atomic E-state index is 5.59. The molecule has 2 heterocycles. The Bertz CT molecular complexity index is 868. The van der Waals surface area contributed by atoms with Gasteiger partial charge in [-0.1, -0.05) is 18.2 Å². The Kier molecular flexibility index (Phi) is 6.74. The highest BCUT2D eigenvalue weighted by Gasteiger charge is 2.14. The second kappa shape index (κ2) is 9.44. The molecule has 1 aromatic carbocycles. The maximum atomic E-state index is 5.59. The summed E-state index contributed by atoms with van der Waals surface area (Å²) in [6, 6.07) is 14.5. The van der Waals surface area contributed by atoms with Crippen molar-refractivity contribution in [3.05, 3.63) is 65.5 Å². The van der Waals surface area contributed by atoms with E-state index in [1.165, 1.54) is 5.56 Å². The van der Waals surface area contributed by atoms with Crippen molar-refractivity contribution in [1.82, 2.24) is 14.9 Å². The zero-order chi connectivity index (χ0) is 19.1. The van der Waals surface area contributed by atoms with Gasteiger partial charge in [0, 0.05) is 50.5 Å². The smallest absolute Gasteiger partial charge is 0.218 e. The van der Waals surface area contributed by atoms with E-state index in [-0.39, 0.29) is 0 Å². The Labute approximate surface area is 161 Å². The molecule has 0 aliphatic carbocycles. The lowest BCUT2D eigenvalue weighted by Crippen LogP contribution is -2.25. The van der Waals surface area contributed by atoms with Gasteiger partial charge in [-0.2, -0.15) is 0 Å². The first-order valence-electron chi connectivity index (χ1n) is 9.25. The average molecular weight is 365 g/mol. The lowest BCUT2D eigenvalue weighted by atomic mass is 10.1. The number of benzene rings is 1. The standard InChI is InChI=1S/C22H27N3O2/c1-17-8-9-18-14-19(22(27-3)24-21(18)13-17)15-25(11-6-12-26-2)16-20-7-4-5-10-23-20/h4-5,7-10,13-14H,6,11-12,15-16H2,1-3H3. The number of fused-ring (bicyclic) bond motifs is 1. The molecule has 0 amide bonds. The van der Waals surface area contributed by atoms with E-state index in [1.54, 1.807) is 14.2 Å². The Morgan fingerprint density at radius 2 is 1.93 bits per heavy atom. The molecule has 5 heteroatoms. The van der Waals surface area contributed by atoms with Crippen molar-refractivity contribution < 1.29 is 9.47 Å². The number of pyridine rings is 2. The zero-order valence-corrected chi connectivity index (χ0v) is 16.3. The summed E-state index contributed by atoms with van der Waals surface area (Å²) in [5, 5.41) is 1.13. The normalized spacial score (nSPS) is 11.3. The minimum Gasteiger partial charge on any atom is -0.481 e. The maximum Gasteiger partial charge on any atom is 0.218 e. The van der Waals surface area contributed by atoms with Crippen LogP contribution in [0.4, 0.5) is 0 Å². The van der Waals surface area contributed by atoms with Crippen molar-refractivity contribution in [2.24, 2.45) is 0 Å². The number of rotatable bonds is 9. The highest BCUT2D eigenvalue weighted by Crippen LogP contribution is 2.25. The van der Waals surface area contributed by atoms with Gasteiger partial charge in [0.1, 0.15) is 0 Å². The van der Waals surface area contributed by atoms with E-state index in [0.29, 0.717) is 5.88 Å². The first kappa shape index (κ1) is 19.3. The van der Waals surface area contributed by atoms with Crippen LogP contribution in [0.1, 0.15) is 23.2 Å². The molecular weight excluding hydrogens is 338 g/mol. The topological polar surface area (TPSA) is 47.5 Å². The molecule has 3 rings (SSSR count).